The molecule has 0 aliphatic heterocycles. The highest BCUT2D eigenvalue weighted by Gasteiger charge is 2.13. The number of fused-ring (bicyclic) bond motifs is 1. The van der Waals surface area contributed by atoms with Gasteiger partial charge in [-0.3, -0.25) is 5.10 Å². The Morgan fingerprint density at radius 3 is 2.65 bits per heavy atom. The molecule has 0 saturated heterocycles. The third-order valence-corrected chi connectivity index (χ3v) is 3.08. The second kappa shape index (κ2) is 4.85. The van der Waals surface area contributed by atoms with Crippen molar-refractivity contribution in [3.63, 3.8) is 0 Å². The lowest BCUT2D eigenvalue weighted by Crippen LogP contribution is -2.11. The molecule has 0 atom stereocenters. The van der Waals surface area contributed by atoms with Crippen LogP contribution in [0.4, 0.5) is 11.6 Å². The fourth-order valence-corrected chi connectivity index (χ4v) is 2.27. The van der Waals surface area contributed by atoms with E-state index in [0.29, 0.717) is 17.5 Å². The average molecular weight is 267 g/mol. The van der Waals surface area contributed by atoms with Gasteiger partial charge in [0, 0.05) is 11.6 Å². The number of nitrogen functional groups attached to an aromatic ring is 1. The standard InChI is InChI=1S/C15H17N5/c1-9(2)17-12-8-11(10-6-4-3-5-7-10)13-14(16)19-20-15(13)18-12/h3-9H,1-2H3,(H4,16,17,18,19,20). The molecule has 2 heterocycles. The lowest BCUT2D eigenvalue weighted by atomic mass is 10.0. The van der Waals surface area contributed by atoms with E-state index in [1.54, 1.807) is 0 Å². The summed E-state index contributed by atoms with van der Waals surface area (Å²) in [6.07, 6.45) is 0. The molecule has 4 N–H and O–H groups in total. The van der Waals surface area contributed by atoms with Gasteiger partial charge in [0.1, 0.15) is 5.82 Å². The quantitative estimate of drug-likeness (QED) is 0.681. The van der Waals surface area contributed by atoms with E-state index in [-0.39, 0.29) is 0 Å². The van der Waals surface area contributed by atoms with Gasteiger partial charge in [-0.1, -0.05) is 30.3 Å². The van der Waals surface area contributed by atoms with Gasteiger partial charge < -0.3 is 11.1 Å². The predicted octanol–water partition coefficient (Wildman–Crippen LogP) is 3.03. The third-order valence-electron chi connectivity index (χ3n) is 3.08. The zero-order valence-electron chi connectivity index (χ0n) is 11.5. The summed E-state index contributed by atoms with van der Waals surface area (Å²) in [5.74, 6) is 1.29. The van der Waals surface area contributed by atoms with Gasteiger partial charge in [0.25, 0.3) is 0 Å². The number of anilines is 2. The number of aromatic nitrogens is 3. The highest BCUT2D eigenvalue weighted by atomic mass is 15.2. The van der Waals surface area contributed by atoms with Crippen LogP contribution in [0.5, 0.6) is 0 Å². The van der Waals surface area contributed by atoms with E-state index in [2.05, 4.69) is 46.5 Å². The smallest absolute Gasteiger partial charge is 0.160 e. The summed E-state index contributed by atoms with van der Waals surface area (Å²) in [5, 5.41) is 11.1. The van der Waals surface area contributed by atoms with Crippen molar-refractivity contribution in [2.24, 2.45) is 0 Å². The maximum absolute atomic E-state index is 5.96. The van der Waals surface area contributed by atoms with Crippen LogP contribution in [-0.2, 0) is 0 Å². The fraction of sp³-hybridized carbons (Fsp3) is 0.200. The number of hydrogen-bond acceptors (Lipinski definition) is 4. The largest absolute Gasteiger partial charge is 0.382 e. The lowest BCUT2D eigenvalue weighted by Gasteiger charge is -2.11. The molecule has 0 bridgehead atoms. The molecule has 5 nitrogen and oxygen atoms in total. The Morgan fingerprint density at radius 2 is 1.95 bits per heavy atom. The van der Waals surface area contributed by atoms with Crippen LogP contribution in [0.2, 0.25) is 0 Å². The van der Waals surface area contributed by atoms with Gasteiger partial charge in [0.15, 0.2) is 11.5 Å². The topological polar surface area (TPSA) is 79.6 Å². The van der Waals surface area contributed by atoms with Crippen molar-refractivity contribution in [3.05, 3.63) is 36.4 Å². The summed E-state index contributed by atoms with van der Waals surface area (Å²) in [6, 6.07) is 12.4. The summed E-state index contributed by atoms with van der Waals surface area (Å²) < 4.78 is 0. The number of rotatable bonds is 3. The molecular formula is C15H17N5. The maximum atomic E-state index is 5.96. The lowest BCUT2D eigenvalue weighted by molar-refractivity contribution is 0.890. The molecule has 0 fully saturated rings. The minimum absolute atomic E-state index is 0.309. The van der Waals surface area contributed by atoms with Crippen molar-refractivity contribution in [3.8, 4) is 11.1 Å². The van der Waals surface area contributed by atoms with Crippen molar-refractivity contribution in [1.82, 2.24) is 15.2 Å². The number of benzene rings is 1. The molecule has 102 valence electrons. The van der Waals surface area contributed by atoms with Crippen LogP contribution >= 0.6 is 0 Å². The van der Waals surface area contributed by atoms with Gasteiger partial charge in [-0.05, 0) is 25.5 Å². The zero-order chi connectivity index (χ0) is 14.1. The second-order valence-electron chi connectivity index (χ2n) is 5.05. The first kappa shape index (κ1) is 12.5. The third kappa shape index (κ3) is 2.18. The number of nitrogens with one attached hydrogen (secondary N) is 2. The monoisotopic (exact) mass is 267 g/mol. The van der Waals surface area contributed by atoms with E-state index in [1.807, 2.05) is 24.3 Å². The Kier molecular flexibility index (Phi) is 3.02. The van der Waals surface area contributed by atoms with Crippen molar-refractivity contribution in [1.29, 1.82) is 0 Å². The summed E-state index contributed by atoms with van der Waals surface area (Å²) in [5.41, 5.74) is 8.79. The zero-order valence-corrected chi connectivity index (χ0v) is 11.5. The van der Waals surface area contributed by atoms with Crippen LogP contribution in [-0.4, -0.2) is 21.2 Å². The first-order valence-corrected chi connectivity index (χ1v) is 6.61. The van der Waals surface area contributed by atoms with Gasteiger partial charge in [-0.25, -0.2) is 4.98 Å². The Morgan fingerprint density at radius 1 is 1.20 bits per heavy atom. The Bertz CT molecular complexity index is 731. The molecule has 0 saturated carbocycles. The van der Waals surface area contributed by atoms with Crippen LogP contribution < -0.4 is 11.1 Å². The molecule has 0 amide bonds. The molecule has 0 radical (unpaired) electrons. The second-order valence-corrected chi connectivity index (χ2v) is 5.05. The number of H-pyrrole nitrogens is 1. The highest BCUT2D eigenvalue weighted by Crippen LogP contribution is 2.32. The minimum atomic E-state index is 0.309. The van der Waals surface area contributed by atoms with E-state index in [4.69, 9.17) is 5.73 Å². The molecule has 0 spiro atoms. The minimum Gasteiger partial charge on any atom is -0.382 e. The first-order chi connectivity index (χ1) is 9.65. The molecule has 0 aliphatic carbocycles. The number of aromatic amines is 1. The van der Waals surface area contributed by atoms with Crippen LogP contribution in [0, 0.1) is 0 Å². The molecule has 3 aromatic rings. The predicted molar refractivity (Wildman–Crippen MR) is 82.5 cm³/mol. The van der Waals surface area contributed by atoms with Crippen LogP contribution in [0.3, 0.4) is 0 Å². The molecule has 3 rings (SSSR count). The highest BCUT2D eigenvalue weighted by molar-refractivity contribution is 6.00. The van der Waals surface area contributed by atoms with Gasteiger partial charge in [0.05, 0.1) is 5.39 Å². The van der Waals surface area contributed by atoms with Gasteiger partial charge >= 0.3 is 0 Å². The van der Waals surface area contributed by atoms with Gasteiger partial charge in [0.2, 0.25) is 0 Å². The molecule has 1 aromatic carbocycles. The maximum Gasteiger partial charge on any atom is 0.160 e. The number of hydrogen-bond donors (Lipinski definition) is 3. The van der Waals surface area contributed by atoms with E-state index in [0.717, 1.165) is 22.3 Å². The van der Waals surface area contributed by atoms with Crippen molar-refractivity contribution in [2.45, 2.75) is 19.9 Å². The molecule has 5 heteroatoms. The summed E-state index contributed by atoms with van der Waals surface area (Å²) >= 11 is 0. The molecule has 0 aliphatic rings. The van der Waals surface area contributed by atoms with Gasteiger partial charge in [-0.2, -0.15) is 5.10 Å². The van der Waals surface area contributed by atoms with Crippen molar-refractivity contribution in [2.75, 3.05) is 11.1 Å². The van der Waals surface area contributed by atoms with Crippen LogP contribution in [0.15, 0.2) is 36.4 Å². The SMILES string of the molecule is CC(C)Nc1cc(-c2ccccc2)c2c(N)n[nH]c2n1. The molecular weight excluding hydrogens is 250 g/mol. The van der Waals surface area contributed by atoms with E-state index >= 15 is 0 Å². The molecule has 20 heavy (non-hydrogen) atoms. The Hall–Kier alpha value is -2.56. The molecule has 2 aromatic heterocycles. The Labute approximate surface area is 117 Å². The van der Waals surface area contributed by atoms with E-state index < -0.39 is 0 Å². The normalized spacial score (nSPS) is 11.2. The average Bonchev–Trinajstić information content (AvgIpc) is 2.80. The van der Waals surface area contributed by atoms with E-state index in [9.17, 15) is 0 Å². The number of nitrogens with two attached hydrogens (primary N) is 1. The van der Waals surface area contributed by atoms with Crippen molar-refractivity contribution >= 4 is 22.7 Å². The number of pyridine rings is 1. The summed E-state index contributed by atoms with van der Waals surface area (Å²) in [7, 11) is 0. The fourth-order valence-electron chi connectivity index (χ4n) is 2.27. The van der Waals surface area contributed by atoms with Crippen LogP contribution in [0.25, 0.3) is 22.2 Å². The number of nitrogens with zero attached hydrogens (tertiary/aromatic N) is 2. The summed E-state index contributed by atoms with van der Waals surface area (Å²) in [4.78, 5) is 4.51. The van der Waals surface area contributed by atoms with Gasteiger partial charge in [-0.15, -0.1) is 0 Å². The first-order valence-electron chi connectivity index (χ1n) is 6.61. The summed E-state index contributed by atoms with van der Waals surface area (Å²) in [6.45, 7) is 4.16. The van der Waals surface area contributed by atoms with Crippen molar-refractivity contribution < 1.29 is 0 Å². The Balaban J connectivity index is 2.24. The van der Waals surface area contributed by atoms with Crippen LogP contribution in [0.1, 0.15) is 13.8 Å². The molecule has 0 unspecified atom stereocenters. The van der Waals surface area contributed by atoms with E-state index in [1.165, 1.54) is 0 Å².